The van der Waals surface area contributed by atoms with Crippen LogP contribution in [0.1, 0.15) is 25.8 Å². The van der Waals surface area contributed by atoms with Gasteiger partial charge in [0.25, 0.3) is 0 Å². The molecule has 1 N–H and O–H groups in total. The van der Waals surface area contributed by atoms with Gasteiger partial charge in [-0.05, 0) is 43.5 Å². The monoisotopic (exact) mass is 299 g/mol. The minimum Gasteiger partial charge on any atom is -0.494 e. The zero-order chi connectivity index (χ0) is 12.7. The molecule has 0 aliphatic heterocycles. The molecule has 0 saturated carbocycles. The van der Waals surface area contributed by atoms with Crippen LogP contribution >= 0.6 is 15.9 Å². The molecule has 0 saturated heterocycles. The third-order valence-corrected chi connectivity index (χ3v) is 3.36. The lowest BCUT2D eigenvalue weighted by molar-refractivity contribution is -0.110. The van der Waals surface area contributed by atoms with Gasteiger partial charge in [-0.1, -0.05) is 22.9 Å². The summed E-state index contributed by atoms with van der Waals surface area (Å²) in [4.78, 5) is 10.5. The smallest absolute Gasteiger partial charge is 0.207 e. The minimum atomic E-state index is 0.167. The van der Waals surface area contributed by atoms with Crippen molar-refractivity contribution in [3.05, 3.63) is 28.2 Å². The average molecular weight is 300 g/mol. The van der Waals surface area contributed by atoms with E-state index in [9.17, 15) is 4.79 Å². The summed E-state index contributed by atoms with van der Waals surface area (Å²) in [6, 6.07) is 6.10. The highest BCUT2D eigenvalue weighted by Gasteiger charge is 2.09. The average Bonchev–Trinajstić information content (AvgIpc) is 2.33. The van der Waals surface area contributed by atoms with E-state index in [4.69, 9.17) is 4.74 Å². The number of hydrogen-bond acceptors (Lipinski definition) is 2. The van der Waals surface area contributed by atoms with Crippen molar-refractivity contribution in [2.24, 2.45) is 0 Å². The molecule has 1 rings (SSSR count). The van der Waals surface area contributed by atoms with Crippen LogP contribution in [-0.4, -0.2) is 19.1 Å². The molecule has 0 fully saturated rings. The van der Waals surface area contributed by atoms with Crippen molar-refractivity contribution in [1.29, 1.82) is 0 Å². The molecule has 0 aliphatic rings. The Bertz CT molecular complexity index is 368. The second-order valence-electron chi connectivity index (χ2n) is 3.78. The molecule has 0 unspecified atom stereocenters. The standard InChI is InChI=1S/C13H18BrNO2/c1-3-11(15-9-16)7-10-8-12(17-4-2)5-6-13(10)14/h5-6,8-9,11H,3-4,7H2,1-2H3,(H,15,16)/t11-/m0/s1. The summed E-state index contributed by atoms with van der Waals surface area (Å²) >= 11 is 3.52. The number of ether oxygens (including phenoxy) is 1. The molecular formula is C13H18BrNO2. The molecule has 1 aromatic rings. The fourth-order valence-electron chi connectivity index (χ4n) is 1.65. The molecule has 0 bridgehead atoms. The Labute approximate surface area is 111 Å². The molecule has 0 aliphatic carbocycles. The Morgan fingerprint density at radius 2 is 2.24 bits per heavy atom. The second-order valence-corrected chi connectivity index (χ2v) is 4.63. The lowest BCUT2D eigenvalue weighted by Crippen LogP contribution is -2.29. The number of rotatable bonds is 7. The maximum absolute atomic E-state index is 10.5. The van der Waals surface area contributed by atoms with Crippen molar-refractivity contribution in [1.82, 2.24) is 5.32 Å². The third-order valence-electron chi connectivity index (χ3n) is 2.59. The van der Waals surface area contributed by atoms with E-state index >= 15 is 0 Å². The molecular weight excluding hydrogens is 282 g/mol. The summed E-state index contributed by atoms with van der Waals surface area (Å²) in [6.45, 7) is 4.68. The van der Waals surface area contributed by atoms with Crippen molar-refractivity contribution in [2.75, 3.05) is 6.61 Å². The maximum Gasteiger partial charge on any atom is 0.207 e. The number of carbonyl (C=O) groups excluding carboxylic acids is 1. The Morgan fingerprint density at radius 1 is 1.47 bits per heavy atom. The fraction of sp³-hybridized carbons (Fsp3) is 0.462. The first-order valence-corrected chi connectivity index (χ1v) is 6.61. The molecule has 4 heteroatoms. The van der Waals surface area contributed by atoms with Gasteiger partial charge in [0.05, 0.1) is 6.61 Å². The summed E-state index contributed by atoms with van der Waals surface area (Å²) in [5, 5.41) is 2.82. The van der Waals surface area contributed by atoms with Crippen LogP contribution in [0.4, 0.5) is 0 Å². The predicted octanol–water partition coefficient (Wildman–Crippen LogP) is 2.91. The summed E-state index contributed by atoms with van der Waals surface area (Å²) in [7, 11) is 0. The number of halogens is 1. The highest BCUT2D eigenvalue weighted by atomic mass is 79.9. The van der Waals surface area contributed by atoms with Crippen LogP contribution in [0, 0.1) is 0 Å². The van der Waals surface area contributed by atoms with Crippen LogP contribution in [0.15, 0.2) is 22.7 Å². The van der Waals surface area contributed by atoms with Gasteiger partial charge in [-0.25, -0.2) is 0 Å². The van der Waals surface area contributed by atoms with Gasteiger partial charge in [-0.2, -0.15) is 0 Å². The van der Waals surface area contributed by atoms with Crippen LogP contribution in [0.25, 0.3) is 0 Å². The Kier molecular flexibility index (Phi) is 6.05. The van der Waals surface area contributed by atoms with E-state index in [1.807, 2.05) is 25.1 Å². The lowest BCUT2D eigenvalue weighted by Gasteiger charge is -2.15. The van der Waals surface area contributed by atoms with Crippen LogP contribution < -0.4 is 10.1 Å². The van der Waals surface area contributed by atoms with E-state index in [1.165, 1.54) is 0 Å². The summed E-state index contributed by atoms with van der Waals surface area (Å²) in [5.74, 6) is 0.867. The molecule has 0 spiro atoms. The van der Waals surface area contributed by atoms with Gasteiger partial charge in [-0.15, -0.1) is 0 Å². The highest BCUT2D eigenvalue weighted by Crippen LogP contribution is 2.24. The second kappa shape index (κ2) is 7.33. The normalized spacial score (nSPS) is 11.9. The summed E-state index contributed by atoms with van der Waals surface area (Å²) in [6.07, 6.45) is 2.47. The van der Waals surface area contributed by atoms with E-state index in [0.717, 1.165) is 35.0 Å². The molecule has 1 amide bonds. The van der Waals surface area contributed by atoms with Gasteiger partial charge in [0, 0.05) is 10.5 Å². The first-order chi connectivity index (χ1) is 8.21. The third kappa shape index (κ3) is 4.38. The maximum atomic E-state index is 10.5. The number of carbonyl (C=O) groups is 1. The van der Waals surface area contributed by atoms with E-state index in [-0.39, 0.29) is 6.04 Å². The van der Waals surface area contributed by atoms with E-state index in [0.29, 0.717) is 6.61 Å². The fourth-order valence-corrected chi connectivity index (χ4v) is 2.06. The van der Waals surface area contributed by atoms with Crippen molar-refractivity contribution >= 4 is 22.3 Å². The molecule has 3 nitrogen and oxygen atoms in total. The van der Waals surface area contributed by atoms with E-state index in [1.54, 1.807) is 0 Å². The van der Waals surface area contributed by atoms with Crippen molar-refractivity contribution in [2.45, 2.75) is 32.7 Å². The van der Waals surface area contributed by atoms with Crippen LogP contribution in [0.3, 0.4) is 0 Å². The minimum absolute atomic E-state index is 0.167. The van der Waals surface area contributed by atoms with Gasteiger partial charge >= 0.3 is 0 Å². The largest absolute Gasteiger partial charge is 0.494 e. The first-order valence-electron chi connectivity index (χ1n) is 5.82. The number of nitrogens with one attached hydrogen (secondary N) is 1. The number of amides is 1. The molecule has 94 valence electrons. The molecule has 0 radical (unpaired) electrons. The van der Waals surface area contributed by atoms with Gasteiger partial charge in [0.2, 0.25) is 6.41 Å². The van der Waals surface area contributed by atoms with Crippen LogP contribution in [-0.2, 0) is 11.2 Å². The lowest BCUT2D eigenvalue weighted by atomic mass is 10.0. The molecule has 17 heavy (non-hydrogen) atoms. The highest BCUT2D eigenvalue weighted by molar-refractivity contribution is 9.10. The van der Waals surface area contributed by atoms with Crippen LogP contribution in [0.2, 0.25) is 0 Å². The van der Waals surface area contributed by atoms with E-state index < -0.39 is 0 Å². The zero-order valence-corrected chi connectivity index (χ0v) is 11.8. The molecule has 0 aromatic heterocycles. The molecule has 0 heterocycles. The predicted molar refractivity (Wildman–Crippen MR) is 72.3 cm³/mol. The van der Waals surface area contributed by atoms with Gasteiger partial charge < -0.3 is 10.1 Å². The van der Waals surface area contributed by atoms with Crippen molar-refractivity contribution < 1.29 is 9.53 Å². The quantitative estimate of drug-likeness (QED) is 0.786. The number of hydrogen-bond donors (Lipinski definition) is 1. The molecule has 1 aromatic carbocycles. The SMILES string of the molecule is CCOc1ccc(Br)c(C[C@H](CC)NC=O)c1. The van der Waals surface area contributed by atoms with Gasteiger partial charge in [-0.3, -0.25) is 4.79 Å². The summed E-state index contributed by atoms with van der Waals surface area (Å²) < 4.78 is 6.51. The number of benzene rings is 1. The van der Waals surface area contributed by atoms with Crippen molar-refractivity contribution in [3.63, 3.8) is 0 Å². The van der Waals surface area contributed by atoms with E-state index in [2.05, 4.69) is 28.2 Å². The summed E-state index contributed by atoms with van der Waals surface area (Å²) in [5.41, 5.74) is 1.15. The van der Waals surface area contributed by atoms with Gasteiger partial charge in [0.15, 0.2) is 0 Å². The van der Waals surface area contributed by atoms with Gasteiger partial charge in [0.1, 0.15) is 5.75 Å². The Morgan fingerprint density at radius 3 is 2.82 bits per heavy atom. The topological polar surface area (TPSA) is 38.3 Å². The van der Waals surface area contributed by atoms with Crippen molar-refractivity contribution in [3.8, 4) is 5.75 Å². The zero-order valence-electron chi connectivity index (χ0n) is 10.2. The first kappa shape index (κ1) is 14.0. The Balaban J connectivity index is 2.80. The van der Waals surface area contributed by atoms with Crippen LogP contribution in [0.5, 0.6) is 5.75 Å². The molecule has 1 atom stereocenters. The Hall–Kier alpha value is -1.03.